The van der Waals surface area contributed by atoms with Crippen molar-refractivity contribution in [3.8, 4) is 11.5 Å². The van der Waals surface area contributed by atoms with E-state index in [4.69, 9.17) is 55.9 Å². The molecule has 118 valence electrons. The van der Waals surface area contributed by atoms with Gasteiger partial charge in [0.25, 0.3) is 0 Å². The van der Waals surface area contributed by atoms with Gasteiger partial charge in [-0.05, 0) is 48.9 Å². The summed E-state index contributed by atoms with van der Waals surface area (Å²) >= 11 is 24.0. The zero-order valence-electron chi connectivity index (χ0n) is 11.7. The molecule has 6 heteroatoms. The van der Waals surface area contributed by atoms with Crippen LogP contribution in [0.15, 0.2) is 48.5 Å². The lowest BCUT2D eigenvalue weighted by Gasteiger charge is -2.26. The Labute approximate surface area is 149 Å². The first kappa shape index (κ1) is 17.6. The monoisotopic (exact) mass is 378 g/mol. The van der Waals surface area contributed by atoms with Crippen LogP contribution in [-0.2, 0) is 0 Å². The zero-order valence-corrected chi connectivity index (χ0v) is 14.8. The highest BCUT2D eigenvalue weighted by Gasteiger charge is 2.36. The molecule has 0 amide bonds. The van der Waals surface area contributed by atoms with Gasteiger partial charge in [-0.15, -0.1) is 0 Å². The number of benzene rings is 2. The van der Waals surface area contributed by atoms with Crippen LogP contribution in [0.3, 0.4) is 0 Å². The Kier molecular flexibility index (Phi) is 6.10. The summed E-state index contributed by atoms with van der Waals surface area (Å²) in [6.07, 6.45) is -0.755. The highest BCUT2D eigenvalue weighted by Crippen LogP contribution is 2.43. The van der Waals surface area contributed by atoms with Crippen molar-refractivity contribution in [3.63, 3.8) is 0 Å². The first-order valence-corrected chi connectivity index (χ1v) is 8.13. The normalized spacial score (nSPS) is 12.8. The number of hydrogen-bond acceptors (Lipinski definition) is 2. The molecule has 0 saturated heterocycles. The molecule has 0 aliphatic carbocycles. The Morgan fingerprint density at radius 1 is 0.909 bits per heavy atom. The number of hydrogen-bond donors (Lipinski definition) is 0. The van der Waals surface area contributed by atoms with E-state index in [1.165, 1.54) is 0 Å². The molecule has 0 saturated carbocycles. The molecule has 1 unspecified atom stereocenters. The van der Waals surface area contributed by atoms with Crippen LogP contribution in [0.5, 0.6) is 11.5 Å². The van der Waals surface area contributed by atoms with Gasteiger partial charge in [0, 0.05) is 5.02 Å². The fourth-order valence-corrected chi connectivity index (χ4v) is 2.52. The molecule has 0 N–H and O–H groups in total. The van der Waals surface area contributed by atoms with E-state index in [1.807, 2.05) is 31.2 Å². The summed E-state index contributed by atoms with van der Waals surface area (Å²) < 4.78 is 9.61. The number of halogens is 4. The average molecular weight is 380 g/mol. The van der Waals surface area contributed by atoms with Gasteiger partial charge in [0.15, 0.2) is 6.10 Å². The van der Waals surface area contributed by atoms with E-state index in [-0.39, 0.29) is 0 Å². The zero-order chi connectivity index (χ0) is 16.2. The Morgan fingerprint density at radius 3 is 1.95 bits per heavy atom. The van der Waals surface area contributed by atoms with E-state index in [2.05, 4.69) is 0 Å². The molecule has 0 heterocycles. The maximum absolute atomic E-state index is 6.06. The predicted molar refractivity (Wildman–Crippen MR) is 92.7 cm³/mol. The molecule has 0 fully saturated rings. The number of alkyl halides is 3. The van der Waals surface area contributed by atoms with Crippen LogP contribution < -0.4 is 9.47 Å². The molecule has 1 atom stereocenters. The van der Waals surface area contributed by atoms with E-state index in [0.29, 0.717) is 17.4 Å². The van der Waals surface area contributed by atoms with E-state index in [1.54, 1.807) is 24.3 Å². The van der Waals surface area contributed by atoms with Crippen molar-refractivity contribution in [3.05, 3.63) is 59.1 Å². The molecular weight excluding hydrogens is 366 g/mol. The summed E-state index contributed by atoms with van der Waals surface area (Å²) in [6, 6.07) is 14.1. The standard InChI is InChI=1S/C16H14Cl4O2/c1-2-21-13-7-3-11(4-8-13)15(16(18,19)20)22-14-9-5-12(17)6-10-14/h3-10,15H,2H2,1H3. The number of rotatable bonds is 5. The van der Waals surface area contributed by atoms with Crippen molar-refractivity contribution in [2.45, 2.75) is 16.8 Å². The highest BCUT2D eigenvalue weighted by molar-refractivity contribution is 6.68. The predicted octanol–water partition coefficient (Wildman–Crippen LogP) is 6.23. The molecule has 2 aromatic rings. The Hall–Kier alpha value is -0.800. The summed E-state index contributed by atoms with van der Waals surface area (Å²) in [5, 5.41) is 0.610. The summed E-state index contributed by atoms with van der Waals surface area (Å²) in [4.78, 5) is 0. The van der Waals surface area contributed by atoms with Gasteiger partial charge in [-0.2, -0.15) is 0 Å². The van der Waals surface area contributed by atoms with Gasteiger partial charge in [-0.25, -0.2) is 0 Å². The van der Waals surface area contributed by atoms with Crippen molar-refractivity contribution in [2.24, 2.45) is 0 Å². The van der Waals surface area contributed by atoms with Gasteiger partial charge in [-0.1, -0.05) is 58.5 Å². The third-order valence-corrected chi connectivity index (χ3v) is 3.71. The molecule has 22 heavy (non-hydrogen) atoms. The highest BCUT2D eigenvalue weighted by atomic mass is 35.6. The van der Waals surface area contributed by atoms with Crippen LogP contribution in [-0.4, -0.2) is 10.4 Å². The minimum atomic E-state index is -1.62. The molecule has 0 aliphatic heterocycles. The Morgan fingerprint density at radius 2 is 1.45 bits per heavy atom. The second kappa shape index (κ2) is 7.65. The van der Waals surface area contributed by atoms with Crippen LogP contribution in [0.2, 0.25) is 5.02 Å². The molecule has 0 aromatic heterocycles. The van der Waals surface area contributed by atoms with E-state index >= 15 is 0 Å². The summed E-state index contributed by atoms with van der Waals surface area (Å²) in [5.74, 6) is 1.32. The third kappa shape index (κ3) is 4.85. The smallest absolute Gasteiger partial charge is 0.230 e. The second-order valence-corrected chi connectivity index (χ2v) is 7.30. The third-order valence-electron chi connectivity index (χ3n) is 2.86. The topological polar surface area (TPSA) is 18.5 Å². The first-order chi connectivity index (χ1) is 10.4. The molecular formula is C16H14Cl4O2. The van der Waals surface area contributed by atoms with Gasteiger partial charge < -0.3 is 9.47 Å². The molecule has 0 aliphatic rings. The van der Waals surface area contributed by atoms with Crippen LogP contribution >= 0.6 is 46.4 Å². The summed E-state index contributed by atoms with van der Waals surface area (Å²) in [7, 11) is 0. The van der Waals surface area contributed by atoms with Crippen LogP contribution in [0.1, 0.15) is 18.6 Å². The lowest BCUT2D eigenvalue weighted by Crippen LogP contribution is -2.23. The van der Waals surface area contributed by atoms with Crippen LogP contribution in [0, 0.1) is 0 Å². The van der Waals surface area contributed by atoms with Gasteiger partial charge in [0.05, 0.1) is 6.61 Å². The first-order valence-electron chi connectivity index (χ1n) is 6.62. The Balaban J connectivity index is 2.24. The molecule has 2 aromatic carbocycles. The minimum absolute atomic E-state index is 0.564. The lowest BCUT2D eigenvalue weighted by atomic mass is 10.1. The summed E-state index contributed by atoms with van der Waals surface area (Å²) in [5.41, 5.74) is 0.735. The molecule has 0 bridgehead atoms. The van der Waals surface area contributed by atoms with Gasteiger partial charge in [0.1, 0.15) is 11.5 Å². The fourth-order valence-electron chi connectivity index (χ4n) is 1.88. The van der Waals surface area contributed by atoms with Gasteiger partial charge in [0.2, 0.25) is 3.79 Å². The maximum Gasteiger partial charge on any atom is 0.230 e. The molecule has 2 rings (SSSR count). The molecule has 2 nitrogen and oxygen atoms in total. The van der Waals surface area contributed by atoms with Gasteiger partial charge in [-0.3, -0.25) is 0 Å². The molecule has 0 spiro atoms. The fraction of sp³-hybridized carbons (Fsp3) is 0.250. The Bertz CT molecular complexity index is 591. The quantitative estimate of drug-likeness (QED) is 0.573. The number of ether oxygens (including phenoxy) is 2. The van der Waals surface area contributed by atoms with Crippen molar-refractivity contribution in [2.75, 3.05) is 6.61 Å². The minimum Gasteiger partial charge on any atom is -0.494 e. The van der Waals surface area contributed by atoms with Gasteiger partial charge >= 0.3 is 0 Å². The van der Waals surface area contributed by atoms with Crippen molar-refractivity contribution < 1.29 is 9.47 Å². The van der Waals surface area contributed by atoms with E-state index in [9.17, 15) is 0 Å². The largest absolute Gasteiger partial charge is 0.494 e. The summed E-state index contributed by atoms with van der Waals surface area (Å²) in [6.45, 7) is 2.51. The van der Waals surface area contributed by atoms with Crippen molar-refractivity contribution in [1.82, 2.24) is 0 Å². The van der Waals surface area contributed by atoms with E-state index in [0.717, 1.165) is 11.3 Å². The SMILES string of the molecule is CCOc1ccc(C(Oc2ccc(Cl)cc2)C(Cl)(Cl)Cl)cc1. The van der Waals surface area contributed by atoms with Crippen molar-refractivity contribution in [1.29, 1.82) is 0 Å². The maximum atomic E-state index is 6.06. The van der Waals surface area contributed by atoms with Crippen molar-refractivity contribution >= 4 is 46.4 Å². The van der Waals surface area contributed by atoms with Crippen LogP contribution in [0.4, 0.5) is 0 Å². The lowest BCUT2D eigenvalue weighted by molar-refractivity contribution is 0.210. The second-order valence-electron chi connectivity index (χ2n) is 4.50. The molecule has 0 radical (unpaired) electrons. The average Bonchev–Trinajstić information content (AvgIpc) is 2.47. The van der Waals surface area contributed by atoms with E-state index < -0.39 is 9.90 Å². The van der Waals surface area contributed by atoms with Crippen LogP contribution in [0.25, 0.3) is 0 Å².